The van der Waals surface area contributed by atoms with Gasteiger partial charge in [-0.3, -0.25) is 0 Å². The van der Waals surface area contributed by atoms with Crippen LogP contribution >= 0.6 is 11.8 Å². The van der Waals surface area contributed by atoms with Crippen LogP contribution in [-0.2, 0) is 4.74 Å². The van der Waals surface area contributed by atoms with Gasteiger partial charge < -0.3 is 10.1 Å². The first-order chi connectivity index (χ1) is 8.81. The summed E-state index contributed by atoms with van der Waals surface area (Å²) < 4.78 is 5.05. The van der Waals surface area contributed by atoms with Gasteiger partial charge in [-0.2, -0.15) is 0 Å². The van der Waals surface area contributed by atoms with Crippen molar-refractivity contribution in [1.29, 1.82) is 0 Å². The van der Waals surface area contributed by atoms with Crippen LogP contribution < -0.4 is 5.32 Å². The number of ether oxygens (including phenoxy) is 1. The van der Waals surface area contributed by atoms with Gasteiger partial charge in [-0.1, -0.05) is 26.0 Å². The molecule has 0 heterocycles. The highest BCUT2D eigenvalue weighted by Crippen LogP contribution is 2.23. The van der Waals surface area contributed by atoms with Gasteiger partial charge in [-0.15, -0.1) is 11.8 Å². The second-order valence-corrected chi connectivity index (χ2v) is 5.45. The fourth-order valence-electron chi connectivity index (χ4n) is 1.93. The third kappa shape index (κ3) is 5.42. The van der Waals surface area contributed by atoms with Gasteiger partial charge in [0.15, 0.2) is 0 Å². The van der Waals surface area contributed by atoms with Crippen LogP contribution in [0.5, 0.6) is 0 Å². The van der Waals surface area contributed by atoms with Crippen molar-refractivity contribution in [2.75, 3.05) is 26.0 Å². The van der Waals surface area contributed by atoms with E-state index in [2.05, 4.69) is 43.4 Å². The SMILES string of the molecule is CCNC(CC)c1ccc(SCCCOC)cc1. The molecule has 0 radical (unpaired) electrons. The first-order valence-corrected chi connectivity index (χ1v) is 7.75. The molecule has 0 aliphatic carbocycles. The Kier molecular flexibility index (Phi) is 8.14. The maximum Gasteiger partial charge on any atom is 0.0470 e. The molecule has 0 aromatic heterocycles. The Balaban J connectivity index is 2.45. The molecule has 1 unspecified atom stereocenters. The predicted octanol–water partition coefficient (Wildman–Crippen LogP) is 3.88. The second-order valence-electron chi connectivity index (χ2n) is 4.28. The summed E-state index contributed by atoms with van der Waals surface area (Å²) >= 11 is 1.90. The Labute approximate surface area is 116 Å². The lowest BCUT2D eigenvalue weighted by Crippen LogP contribution is -2.19. The zero-order valence-electron chi connectivity index (χ0n) is 11.7. The van der Waals surface area contributed by atoms with Gasteiger partial charge in [-0.05, 0) is 37.1 Å². The van der Waals surface area contributed by atoms with E-state index in [-0.39, 0.29) is 0 Å². The Morgan fingerprint density at radius 3 is 2.50 bits per heavy atom. The number of nitrogens with one attached hydrogen (secondary N) is 1. The van der Waals surface area contributed by atoms with Crippen LogP contribution in [0.1, 0.15) is 38.3 Å². The van der Waals surface area contributed by atoms with Gasteiger partial charge in [0.05, 0.1) is 0 Å². The number of rotatable bonds is 9. The third-order valence-corrected chi connectivity index (χ3v) is 4.00. The van der Waals surface area contributed by atoms with Crippen molar-refractivity contribution >= 4 is 11.8 Å². The molecule has 0 bridgehead atoms. The average molecular weight is 267 g/mol. The van der Waals surface area contributed by atoms with Crippen molar-refractivity contribution < 1.29 is 4.74 Å². The van der Waals surface area contributed by atoms with E-state index >= 15 is 0 Å². The zero-order valence-corrected chi connectivity index (χ0v) is 12.6. The third-order valence-electron chi connectivity index (χ3n) is 2.90. The standard InChI is InChI=1S/C15H25NOS/c1-4-15(16-5-2)13-7-9-14(10-8-13)18-12-6-11-17-3/h7-10,15-16H,4-6,11-12H2,1-3H3. The van der Waals surface area contributed by atoms with Crippen LogP contribution in [0.4, 0.5) is 0 Å². The summed E-state index contributed by atoms with van der Waals surface area (Å²) in [4.78, 5) is 1.35. The minimum atomic E-state index is 0.488. The molecule has 1 aromatic rings. The van der Waals surface area contributed by atoms with Crippen molar-refractivity contribution in [3.63, 3.8) is 0 Å². The Morgan fingerprint density at radius 1 is 1.22 bits per heavy atom. The highest BCUT2D eigenvalue weighted by atomic mass is 32.2. The number of methoxy groups -OCH3 is 1. The summed E-state index contributed by atoms with van der Waals surface area (Å²) in [5.74, 6) is 1.12. The fourth-order valence-corrected chi connectivity index (χ4v) is 2.76. The Morgan fingerprint density at radius 2 is 1.94 bits per heavy atom. The molecular formula is C15H25NOS. The quantitative estimate of drug-likeness (QED) is 0.542. The molecule has 0 fully saturated rings. The van der Waals surface area contributed by atoms with Gasteiger partial charge in [0.25, 0.3) is 0 Å². The first kappa shape index (κ1) is 15.5. The van der Waals surface area contributed by atoms with E-state index in [0.717, 1.165) is 31.7 Å². The summed E-state index contributed by atoms with van der Waals surface area (Å²) in [6.07, 6.45) is 2.24. The van der Waals surface area contributed by atoms with E-state index in [1.807, 2.05) is 11.8 Å². The second kappa shape index (κ2) is 9.42. The lowest BCUT2D eigenvalue weighted by atomic mass is 10.1. The van der Waals surface area contributed by atoms with E-state index in [0.29, 0.717) is 6.04 Å². The summed E-state index contributed by atoms with van der Waals surface area (Å²) in [5.41, 5.74) is 1.39. The molecule has 0 spiro atoms. The summed E-state index contributed by atoms with van der Waals surface area (Å²) in [7, 11) is 1.76. The lowest BCUT2D eigenvalue weighted by Gasteiger charge is -2.16. The molecule has 0 saturated carbocycles. The Bertz CT molecular complexity index is 313. The molecule has 1 rings (SSSR count). The summed E-state index contributed by atoms with van der Waals surface area (Å²) in [6, 6.07) is 9.44. The van der Waals surface area contributed by atoms with Crippen LogP contribution in [0.15, 0.2) is 29.2 Å². The molecule has 1 atom stereocenters. The molecule has 2 nitrogen and oxygen atoms in total. The highest BCUT2D eigenvalue weighted by molar-refractivity contribution is 7.99. The topological polar surface area (TPSA) is 21.3 Å². The molecule has 1 N–H and O–H groups in total. The van der Waals surface area contributed by atoms with Crippen LogP contribution in [0.3, 0.4) is 0 Å². The molecule has 0 aliphatic heterocycles. The van der Waals surface area contributed by atoms with Crippen molar-refractivity contribution in [3.8, 4) is 0 Å². The van der Waals surface area contributed by atoms with Crippen molar-refractivity contribution in [3.05, 3.63) is 29.8 Å². The normalized spacial score (nSPS) is 12.6. The molecule has 18 heavy (non-hydrogen) atoms. The predicted molar refractivity (Wildman–Crippen MR) is 80.4 cm³/mol. The van der Waals surface area contributed by atoms with E-state index in [1.54, 1.807) is 7.11 Å². The van der Waals surface area contributed by atoms with Gasteiger partial charge >= 0.3 is 0 Å². The van der Waals surface area contributed by atoms with Gasteiger partial charge in [0, 0.05) is 30.4 Å². The van der Waals surface area contributed by atoms with Crippen LogP contribution in [0.2, 0.25) is 0 Å². The van der Waals surface area contributed by atoms with E-state index < -0.39 is 0 Å². The minimum Gasteiger partial charge on any atom is -0.385 e. The van der Waals surface area contributed by atoms with Crippen LogP contribution in [0, 0.1) is 0 Å². The summed E-state index contributed by atoms with van der Waals surface area (Å²) in [5, 5.41) is 3.50. The number of thioether (sulfide) groups is 1. The maximum absolute atomic E-state index is 5.05. The van der Waals surface area contributed by atoms with Gasteiger partial charge in [0.2, 0.25) is 0 Å². The number of benzene rings is 1. The first-order valence-electron chi connectivity index (χ1n) is 6.76. The molecule has 0 saturated heterocycles. The molecule has 0 aliphatic rings. The van der Waals surface area contributed by atoms with Crippen LogP contribution in [0.25, 0.3) is 0 Å². The Hall–Kier alpha value is -0.510. The van der Waals surface area contributed by atoms with E-state index in [4.69, 9.17) is 4.74 Å². The average Bonchev–Trinajstić information content (AvgIpc) is 2.42. The van der Waals surface area contributed by atoms with Gasteiger partial charge in [-0.25, -0.2) is 0 Å². The summed E-state index contributed by atoms with van der Waals surface area (Å²) in [6.45, 7) is 6.25. The van der Waals surface area contributed by atoms with Crippen LogP contribution in [-0.4, -0.2) is 26.0 Å². The molecular weight excluding hydrogens is 242 g/mol. The lowest BCUT2D eigenvalue weighted by molar-refractivity contribution is 0.200. The minimum absolute atomic E-state index is 0.488. The monoisotopic (exact) mass is 267 g/mol. The highest BCUT2D eigenvalue weighted by Gasteiger charge is 2.06. The maximum atomic E-state index is 5.05. The largest absolute Gasteiger partial charge is 0.385 e. The smallest absolute Gasteiger partial charge is 0.0470 e. The molecule has 102 valence electrons. The zero-order chi connectivity index (χ0) is 13.2. The molecule has 3 heteroatoms. The number of hydrogen-bond acceptors (Lipinski definition) is 3. The van der Waals surface area contributed by atoms with Crippen molar-refractivity contribution in [2.45, 2.75) is 37.6 Å². The van der Waals surface area contributed by atoms with E-state index in [1.165, 1.54) is 10.5 Å². The fraction of sp³-hybridized carbons (Fsp3) is 0.600. The molecule has 0 amide bonds. The van der Waals surface area contributed by atoms with Crippen molar-refractivity contribution in [2.24, 2.45) is 0 Å². The number of hydrogen-bond donors (Lipinski definition) is 1. The molecule has 1 aromatic carbocycles. The van der Waals surface area contributed by atoms with Gasteiger partial charge in [0.1, 0.15) is 0 Å². The van der Waals surface area contributed by atoms with Crippen molar-refractivity contribution in [1.82, 2.24) is 5.32 Å². The van der Waals surface area contributed by atoms with E-state index in [9.17, 15) is 0 Å².